The molecule has 0 aliphatic heterocycles. The summed E-state index contributed by atoms with van der Waals surface area (Å²) in [5.74, 6) is 0. The molecule has 21 heavy (non-hydrogen) atoms. The van der Waals surface area contributed by atoms with Crippen molar-refractivity contribution in [2.24, 2.45) is 0 Å². The second-order valence-corrected chi connectivity index (χ2v) is 6.92. The van der Waals surface area contributed by atoms with E-state index in [1.165, 1.54) is 12.7 Å². The van der Waals surface area contributed by atoms with Crippen molar-refractivity contribution in [2.45, 2.75) is 26.2 Å². The van der Waals surface area contributed by atoms with Gasteiger partial charge in [-0.05, 0) is 23.4 Å². The van der Waals surface area contributed by atoms with E-state index < -0.39 is 10.0 Å². The van der Waals surface area contributed by atoms with Gasteiger partial charge in [-0.2, -0.15) is 0 Å². The Kier molecular flexibility index (Phi) is 5.02. The lowest BCUT2D eigenvalue weighted by Gasteiger charge is -2.10. The Balaban J connectivity index is 2.48. The minimum Gasteiger partial charge on any atom is -0.283 e. The Morgan fingerprint density at radius 1 is 1.14 bits per heavy atom. The van der Waals surface area contributed by atoms with Gasteiger partial charge >= 0.3 is 0 Å². The summed E-state index contributed by atoms with van der Waals surface area (Å²) in [5.41, 5.74) is 1.67. The molecule has 0 atom stereocenters. The lowest BCUT2D eigenvalue weighted by Crippen LogP contribution is -2.10. The van der Waals surface area contributed by atoms with Gasteiger partial charge in [0, 0.05) is 5.39 Å². The summed E-state index contributed by atoms with van der Waals surface area (Å²) < 4.78 is 25.7. The van der Waals surface area contributed by atoms with Crippen LogP contribution >= 0.6 is 0 Å². The molecule has 2 rings (SSSR count). The molecule has 2 aromatic carbocycles. The zero-order valence-electron chi connectivity index (χ0n) is 12.5. The normalized spacial score (nSPS) is 12.1. The third-order valence-corrected chi connectivity index (χ3v) is 3.84. The first-order valence-electron chi connectivity index (χ1n) is 7.17. The first-order chi connectivity index (χ1) is 10.0. The van der Waals surface area contributed by atoms with Crippen LogP contribution in [-0.4, -0.2) is 14.7 Å². The molecule has 0 spiro atoms. The summed E-state index contributed by atoms with van der Waals surface area (Å²) in [6.07, 6.45) is 8.76. The SMILES string of the molecule is CCCC/C=C/c1cccc2cccc(NS(C)(=O)=O)c12. The van der Waals surface area contributed by atoms with Crippen molar-refractivity contribution in [2.75, 3.05) is 11.0 Å². The minimum absolute atomic E-state index is 0.630. The van der Waals surface area contributed by atoms with Crippen molar-refractivity contribution in [3.05, 3.63) is 48.0 Å². The molecular weight excluding hydrogens is 282 g/mol. The van der Waals surface area contributed by atoms with E-state index in [0.717, 1.165) is 29.2 Å². The highest BCUT2D eigenvalue weighted by molar-refractivity contribution is 7.92. The number of hydrogen-bond donors (Lipinski definition) is 1. The van der Waals surface area contributed by atoms with Crippen molar-refractivity contribution >= 4 is 32.6 Å². The molecular formula is C17H21NO2S. The molecule has 0 amide bonds. The molecule has 0 heterocycles. The van der Waals surface area contributed by atoms with Crippen LogP contribution in [0.1, 0.15) is 31.7 Å². The summed E-state index contributed by atoms with van der Waals surface area (Å²) in [4.78, 5) is 0. The predicted molar refractivity (Wildman–Crippen MR) is 91.0 cm³/mol. The molecule has 0 saturated heterocycles. The van der Waals surface area contributed by atoms with Crippen LogP contribution in [-0.2, 0) is 10.0 Å². The monoisotopic (exact) mass is 303 g/mol. The van der Waals surface area contributed by atoms with Crippen LogP contribution in [0.15, 0.2) is 42.5 Å². The maximum atomic E-state index is 11.5. The number of fused-ring (bicyclic) bond motifs is 1. The highest BCUT2D eigenvalue weighted by Gasteiger charge is 2.08. The molecule has 0 radical (unpaired) electrons. The highest BCUT2D eigenvalue weighted by Crippen LogP contribution is 2.28. The summed E-state index contributed by atoms with van der Waals surface area (Å²) in [6, 6.07) is 11.6. The van der Waals surface area contributed by atoms with Gasteiger partial charge in [-0.3, -0.25) is 4.72 Å². The Hall–Kier alpha value is -1.81. The van der Waals surface area contributed by atoms with Crippen LogP contribution in [0.2, 0.25) is 0 Å². The Labute approximate surface area is 126 Å². The third kappa shape index (κ3) is 4.33. The van der Waals surface area contributed by atoms with E-state index in [4.69, 9.17) is 0 Å². The number of anilines is 1. The van der Waals surface area contributed by atoms with Crippen LogP contribution in [0, 0.1) is 0 Å². The van der Waals surface area contributed by atoms with Crippen LogP contribution < -0.4 is 4.72 Å². The largest absolute Gasteiger partial charge is 0.283 e. The van der Waals surface area contributed by atoms with Gasteiger partial charge in [-0.1, -0.05) is 62.2 Å². The van der Waals surface area contributed by atoms with Gasteiger partial charge in [0.1, 0.15) is 0 Å². The molecule has 4 heteroatoms. The number of nitrogens with one attached hydrogen (secondary N) is 1. The first kappa shape index (κ1) is 15.6. The van der Waals surface area contributed by atoms with Crippen molar-refractivity contribution in [3.63, 3.8) is 0 Å². The van der Waals surface area contributed by atoms with Crippen LogP contribution in [0.3, 0.4) is 0 Å². The summed E-state index contributed by atoms with van der Waals surface area (Å²) in [7, 11) is -3.29. The predicted octanol–water partition coefficient (Wildman–Crippen LogP) is 4.41. The summed E-state index contributed by atoms with van der Waals surface area (Å²) in [6.45, 7) is 2.17. The minimum atomic E-state index is -3.29. The van der Waals surface area contributed by atoms with Crippen molar-refractivity contribution < 1.29 is 8.42 Å². The zero-order valence-corrected chi connectivity index (χ0v) is 13.3. The molecule has 1 N–H and O–H groups in total. The van der Waals surface area contributed by atoms with E-state index in [-0.39, 0.29) is 0 Å². The van der Waals surface area contributed by atoms with Gasteiger partial charge in [-0.15, -0.1) is 0 Å². The van der Waals surface area contributed by atoms with Gasteiger partial charge in [-0.25, -0.2) is 8.42 Å². The second kappa shape index (κ2) is 6.76. The molecule has 0 aromatic heterocycles. The molecule has 0 bridgehead atoms. The van der Waals surface area contributed by atoms with Crippen LogP contribution in [0.4, 0.5) is 5.69 Å². The van der Waals surface area contributed by atoms with Gasteiger partial charge in [0.25, 0.3) is 0 Å². The Bertz CT molecular complexity index is 743. The Morgan fingerprint density at radius 3 is 2.52 bits per heavy atom. The van der Waals surface area contributed by atoms with E-state index in [0.29, 0.717) is 5.69 Å². The zero-order chi connectivity index (χ0) is 15.3. The molecule has 0 aliphatic carbocycles. The van der Waals surface area contributed by atoms with Gasteiger partial charge in [0.15, 0.2) is 0 Å². The van der Waals surface area contributed by atoms with E-state index >= 15 is 0 Å². The number of sulfonamides is 1. The Morgan fingerprint density at radius 2 is 1.86 bits per heavy atom. The average molecular weight is 303 g/mol. The highest BCUT2D eigenvalue weighted by atomic mass is 32.2. The molecule has 2 aromatic rings. The second-order valence-electron chi connectivity index (χ2n) is 5.17. The van der Waals surface area contributed by atoms with Gasteiger partial charge in [0.2, 0.25) is 10.0 Å². The molecule has 3 nitrogen and oxygen atoms in total. The molecule has 0 unspecified atom stereocenters. The number of benzene rings is 2. The maximum Gasteiger partial charge on any atom is 0.229 e. The van der Waals surface area contributed by atoms with E-state index in [2.05, 4.69) is 23.8 Å². The molecule has 0 aliphatic rings. The van der Waals surface area contributed by atoms with Crippen molar-refractivity contribution in [1.82, 2.24) is 0 Å². The fourth-order valence-corrected chi connectivity index (χ4v) is 2.90. The number of unbranched alkanes of at least 4 members (excludes halogenated alkanes) is 2. The molecule has 112 valence electrons. The van der Waals surface area contributed by atoms with Crippen LogP contribution in [0.25, 0.3) is 16.8 Å². The maximum absolute atomic E-state index is 11.5. The fourth-order valence-electron chi connectivity index (χ4n) is 2.33. The number of rotatable bonds is 6. The fraction of sp³-hybridized carbons (Fsp3) is 0.294. The quantitative estimate of drug-likeness (QED) is 0.803. The van der Waals surface area contributed by atoms with Gasteiger partial charge in [0.05, 0.1) is 11.9 Å². The topological polar surface area (TPSA) is 46.2 Å². The van der Waals surface area contributed by atoms with Crippen LogP contribution in [0.5, 0.6) is 0 Å². The molecule has 0 saturated carbocycles. The van der Waals surface area contributed by atoms with E-state index in [1.807, 2.05) is 30.3 Å². The standard InChI is InChI=1S/C17H21NO2S/c1-3-4-5-6-9-14-10-7-11-15-12-8-13-16(17(14)15)18-21(2,19)20/h6-13,18H,3-5H2,1-2H3/b9-6+. The van der Waals surface area contributed by atoms with E-state index in [1.54, 1.807) is 6.07 Å². The first-order valence-corrected chi connectivity index (χ1v) is 9.06. The third-order valence-electron chi connectivity index (χ3n) is 3.25. The van der Waals surface area contributed by atoms with E-state index in [9.17, 15) is 8.42 Å². The number of allylic oxidation sites excluding steroid dienone is 1. The lowest BCUT2D eigenvalue weighted by atomic mass is 10.0. The molecule has 0 fully saturated rings. The van der Waals surface area contributed by atoms with Crippen molar-refractivity contribution in [3.8, 4) is 0 Å². The summed E-state index contributed by atoms with van der Waals surface area (Å²) >= 11 is 0. The lowest BCUT2D eigenvalue weighted by molar-refractivity contribution is 0.607. The average Bonchev–Trinajstić information content (AvgIpc) is 2.42. The number of hydrogen-bond acceptors (Lipinski definition) is 2. The summed E-state index contributed by atoms with van der Waals surface area (Å²) in [5, 5.41) is 1.97. The smallest absolute Gasteiger partial charge is 0.229 e. The van der Waals surface area contributed by atoms with Gasteiger partial charge < -0.3 is 0 Å². The van der Waals surface area contributed by atoms with Crippen molar-refractivity contribution in [1.29, 1.82) is 0 Å².